The number of fused-ring (bicyclic) bond motifs is 1. The third-order valence-corrected chi connectivity index (χ3v) is 4.55. The van der Waals surface area contributed by atoms with Gasteiger partial charge in [0.2, 0.25) is 5.95 Å². The Hall–Kier alpha value is -2.47. The first kappa shape index (κ1) is 16.4. The zero-order valence-corrected chi connectivity index (χ0v) is 13.0. The van der Waals surface area contributed by atoms with E-state index in [-0.39, 0.29) is 30.8 Å². The number of halogens is 3. The number of aryl methyl sites for hydroxylation is 1. The molecule has 0 aliphatic heterocycles. The van der Waals surface area contributed by atoms with Crippen molar-refractivity contribution in [2.75, 3.05) is 5.32 Å². The maximum Gasteiger partial charge on any atom is 0.398 e. The van der Waals surface area contributed by atoms with Crippen LogP contribution >= 0.6 is 11.3 Å². The molecular formula is C15H11F3N4OS. The Morgan fingerprint density at radius 2 is 2.21 bits per heavy atom. The van der Waals surface area contributed by atoms with Crippen molar-refractivity contribution in [2.24, 2.45) is 5.92 Å². The van der Waals surface area contributed by atoms with Crippen LogP contribution in [0.2, 0.25) is 0 Å². The Morgan fingerprint density at radius 1 is 1.42 bits per heavy atom. The van der Waals surface area contributed by atoms with Gasteiger partial charge in [-0.3, -0.25) is 4.79 Å². The Morgan fingerprint density at radius 3 is 2.88 bits per heavy atom. The van der Waals surface area contributed by atoms with Gasteiger partial charge in [-0.25, -0.2) is 9.97 Å². The van der Waals surface area contributed by atoms with Crippen molar-refractivity contribution in [1.82, 2.24) is 9.97 Å². The molecule has 0 fully saturated rings. The van der Waals surface area contributed by atoms with Gasteiger partial charge in [-0.2, -0.15) is 18.4 Å². The highest BCUT2D eigenvalue weighted by molar-refractivity contribution is 7.11. The fourth-order valence-corrected chi connectivity index (χ4v) is 3.20. The van der Waals surface area contributed by atoms with E-state index in [1.54, 1.807) is 11.4 Å². The Labute approximate surface area is 139 Å². The quantitative estimate of drug-likeness (QED) is 0.831. The highest BCUT2D eigenvalue weighted by Gasteiger charge is 2.46. The fourth-order valence-electron chi connectivity index (χ4n) is 2.57. The lowest BCUT2D eigenvalue weighted by atomic mass is 9.96. The highest BCUT2D eigenvalue weighted by Crippen LogP contribution is 2.36. The topological polar surface area (TPSA) is 78.7 Å². The minimum Gasteiger partial charge on any atom is -0.323 e. The number of Topliss-reactive ketones (excluding diaryl/α,β-unsaturated/α-hetero) is 1. The number of ketones is 1. The second kappa shape index (κ2) is 6.20. The highest BCUT2D eigenvalue weighted by atomic mass is 32.1. The van der Waals surface area contributed by atoms with Gasteiger partial charge in [0.15, 0.2) is 5.78 Å². The number of nitriles is 1. The minimum atomic E-state index is -4.56. The summed E-state index contributed by atoms with van der Waals surface area (Å²) >= 11 is 1.25. The smallest absolute Gasteiger partial charge is 0.323 e. The number of nitrogens with zero attached hydrogens (tertiary/aromatic N) is 3. The van der Waals surface area contributed by atoms with Crippen LogP contribution in [0.5, 0.6) is 0 Å². The van der Waals surface area contributed by atoms with Crippen LogP contribution in [0.3, 0.4) is 0 Å². The molecule has 124 valence electrons. The minimum absolute atomic E-state index is 0.0663. The predicted molar refractivity (Wildman–Crippen MR) is 81.2 cm³/mol. The van der Waals surface area contributed by atoms with Crippen LogP contribution in [0.4, 0.5) is 24.8 Å². The number of alkyl halides is 3. The molecule has 9 heteroatoms. The van der Waals surface area contributed by atoms with Gasteiger partial charge in [-0.05, 0) is 25.3 Å². The SMILES string of the molecule is N#Cc1cc(Nc2ncc3c(n2)CCCC(C(F)(F)F)C3=O)cs1. The summed E-state index contributed by atoms with van der Waals surface area (Å²) in [5.41, 5.74) is 0.869. The third kappa shape index (κ3) is 3.23. The van der Waals surface area contributed by atoms with Gasteiger partial charge < -0.3 is 5.32 Å². The molecule has 1 aliphatic rings. The number of anilines is 2. The van der Waals surface area contributed by atoms with Crippen molar-refractivity contribution >= 4 is 28.8 Å². The molecule has 0 saturated carbocycles. The first-order valence-electron chi connectivity index (χ1n) is 7.11. The van der Waals surface area contributed by atoms with Crippen molar-refractivity contribution in [3.05, 3.63) is 33.8 Å². The van der Waals surface area contributed by atoms with E-state index < -0.39 is 17.9 Å². The maximum absolute atomic E-state index is 13.0. The van der Waals surface area contributed by atoms with Crippen LogP contribution in [-0.4, -0.2) is 21.9 Å². The van der Waals surface area contributed by atoms with Gasteiger partial charge in [-0.1, -0.05) is 0 Å². The first-order chi connectivity index (χ1) is 11.4. The number of hydrogen-bond acceptors (Lipinski definition) is 6. The number of rotatable bonds is 2. The summed E-state index contributed by atoms with van der Waals surface area (Å²) in [5.74, 6) is -2.77. The normalized spacial score (nSPS) is 17.8. The molecule has 1 atom stereocenters. The van der Waals surface area contributed by atoms with Crippen LogP contribution in [0.1, 0.15) is 33.8 Å². The van der Waals surface area contributed by atoms with Gasteiger partial charge in [0.25, 0.3) is 0 Å². The first-order valence-corrected chi connectivity index (χ1v) is 7.99. The van der Waals surface area contributed by atoms with Crippen LogP contribution in [-0.2, 0) is 6.42 Å². The van der Waals surface area contributed by atoms with Crippen LogP contribution < -0.4 is 5.32 Å². The number of nitrogens with one attached hydrogen (secondary N) is 1. The summed E-state index contributed by atoms with van der Waals surface area (Å²) in [7, 11) is 0. The molecule has 2 aromatic heterocycles. The average Bonchev–Trinajstić information content (AvgIpc) is 2.90. The molecule has 24 heavy (non-hydrogen) atoms. The lowest BCUT2D eigenvalue weighted by Crippen LogP contribution is -2.30. The predicted octanol–water partition coefficient (Wildman–Crippen LogP) is 3.85. The molecule has 1 N–H and O–H groups in total. The van der Waals surface area contributed by atoms with Crippen LogP contribution in [0, 0.1) is 17.2 Å². The molecule has 5 nitrogen and oxygen atoms in total. The number of aromatic nitrogens is 2. The molecule has 2 aromatic rings. The van der Waals surface area contributed by atoms with Crippen molar-refractivity contribution in [2.45, 2.75) is 25.4 Å². The van der Waals surface area contributed by atoms with E-state index in [0.717, 1.165) is 6.20 Å². The van der Waals surface area contributed by atoms with Gasteiger partial charge in [0.1, 0.15) is 16.9 Å². The molecule has 0 spiro atoms. The van der Waals surface area contributed by atoms with E-state index in [4.69, 9.17) is 5.26 Å². The van der Waals surface area contributed by atoms with E-state index in [2.05, 4.69) is 15.3 Å². The standard InChI is InChI=1S/C15H11F3N4OS/c16-15(17,18)11-2-1-3-12-10(13(11)23)6-20-14(22-12)21-8-4-9(5-19)24-7-8/h4,6-7,11H,1-3H2,(H,20,21,22). The van der Waals surface area contributed by atoms with Gasteiger partial charge >= 0.3 is 6.18 Å². The summed E-state index contributed by atoms with van der Waals surface area (Å²) in [6.07, 6.45) is -3.12. The van der Waals surface area contributed by atoms with Crippen molar-refractivity contribution in [1.29, 1.82) is 5.26 Å². The van der Waals surface area contributed by atoms with Crippen LogP contribution in [0.25, 0.3) is 0 Å². The monoisotopic (exact) mass is 352 g/mol. The van der Waals surface area contributed by atoms with Gasteiger partial charge in [0, 0.05) is 11.6 Å². The van der Waals surface area contributed by atoms with Gasteiger partial charge in [-0.15, -0.1) is 11.3 Å². The van der Waals surface area contributed by atoms with E-state index in [1.807, 2.05) is 6.07 Å². The molecule has 1 aliphatic carbocycles. The van der Waals surface area contributed by atoms with Crippen molar-refractivity contribution in [3.8, 4) is 6.07 Å². The molecule has 0 aromatic carbocycles. The molecule has 3 rings (SSSR count). The largest absolute Gasteiger partial charge is 0.398 e. The molecule has 1 unspecified atom stereocenters. The molecule has 0 bridgehead atoms. The van der Waals surface area contributed by atoms with E-state index >= 15 is 0 Å². The fraction of sp³-hybridized carbons (Fsp3) is 0.333. The van der Waals surface area contributed by atoms with E-state index in [9.17, 15) is 18.0 Å². The van der Waals surface area contributed by atoms with E-state index in [1.165, 1.54) is 11.3 Å². The summed E-state index contributed by atoms with van der Waals surface area (Å²) in [6.45, 7) is 0. The Balaban J connectivity index is 1.87. The number of carbonyl (C=O) groups is 1. The lowest BCUT2D eigenvalue weighted by molar-refractivity contribution is -0.162. The number of hydrogen-bond donors (Lipinski definition) is 1. The third-order valence-electron chi connectivity index (χ3n) is 3.72. The van der Waals surface area contributed by atoms with Crippen molar-refractivity contribution < 1.29 is 18.0 Å². The second-order valence-electron chi connectivity index (χ2n) is 5.34. The van der Waals surface area contributed by atoms with Gasteiger partial charge in [0.05, 0.1) is 16.9 Å². The molecule has 0 radical (unpaired) electrons. The maximum atomic E-state index is 13.0. The molecule has 0 saturated heterocycles. The second-order valence-corrected chi connectivity index (χ2v) is 6.25. The molecule has 0 amide bonds. The summed E-state index contributed by atoms with van der Waals surface area (Å²) in [5, 5.41) is 13.4. The number of thiophene rings is 1. The van der Waals surface area contributed by atoms with Crippen molar-refractivity contribution in [3.63, 3.8) is 0 Å². The lowest BCUT2D eigenvalue weighted by Gasteiger charge is -2.16. The number of carbonyl (C=O) groups excluding carboxylic acids is 1. The summed E-state index contributed by atoms with van der Waals surface area (Å²) in [4.78, 5) is 20.8. The Bertz CT molecular complexity index is 825. The molecule has 2 heterocycles. The van der Waals surface area contributed by atoms with E-state index in [0.29, 0.717) is 16.3 Å². The zero-order valence-electron chi connectivity index (χ0n) is 12.2. The molecular weight excluding hydrogens is 341 g/mol. The summed E-state index contributed by atoms with van der Waals surface area (Å²) in [6, 6.07) is 3.62. The average molecular weight is 352 g/mol. The summed E-state index contributed by atoms with van der Waals surface area (Å²) < 4.78 is 38.9. The van der Waals surface area contributed by atoms with Crippen LogP contribution in [0.15, 0.2) is 17.6 Å². The zero-order chi connectivity index (χ0) is 17.3. The Kier molecular flexibility index (Phi) is 4.24.